The first-order valence-corrected chi connectivity index (χ1v) is 8.08. The smallest absolute Gasteiger partial charge is 0.220 e. The highest BCUT2D eigenvalue weighted by molar-refractivity contribution is 5.76. The van der Waals surface area contributed by atoms with Crippen LogP contribution in [0.4, 0.5) is 0 Å². The van der Waals surface area contributed by atoms with Crippen LogP contribution in [0.2, 0.25) is 0 Å². The summed E-state index contributed by atoms with van der Waals surface area (Å²) in [6.07, 6.45) is 14.4. The van der Waals surface area contributed by atoms with E-state index in [0.29, 0.717) is 12.5 Å². The Kier molecular flexibility index (Phi) is 6.55. The molecule has 0 atom stereocenters. The van der Waals surface area contributed by atoms with Crippen LogP contribution in [0, 0.1) is 0 Å². The van der Waals surface area contributed by atoms with Gasteiger partial charge in [-0.3, -0.25) is 4.79 Å². The van der Waals surface area contributed by atoms with Crippen LogP contribution in [-0.4, -0.2) is 11.9 Å². The van der Waals surface area contributed by atoms with E-state index in [0.717, 1.165) is 19.4 Å². The summed E-state index contributed by atoms with van der Waals surface area (Å²) < 4.78 is 2.17. The highest BCUT2D eigenvalue weighted by Gasteiger charge is 2.14. The van der Waals surface area contributed by atoms with Crippen molar-refractivity contribution < 1.29 is 9.36 Å². The van der Waals surface area contributed by atoms with Gasteiger partial charge in [-0.25, -0.2) is 4.57 Å². The van der Waals surface area contributed by atoms with Gasteiger partial charge in [0.25, 0.3) is 0 Å². The zero-order valence-corrected chi connectivity index (χ0v) is 12.4. The number of pyridine rings is 1. The summed E-state index contributed by atoms with van der Waals surface area (Å²) in [7, 11) is 0. The Balaban J connectivity index is 1.58. The molecule has 0 bridgehead atoms. The Hall–Kier alpha value is -1.38. The van der Waals surface area contributed by atoms with Crippen LogP contribution in [0.3, 0.4) is 0 Å². The summed E-state index contributed by atoms with van der Waals surface area (Å²) in [6.45, 7) is 0.998. The van der Waals surface area contributed by atoms with E-state index in [9.17, 15) is 4.79 Å². The zero-order valence-electron chi connectivity index (χ0n) is 12.4. The Morgan fingerprint density at radius 1 is 1.00 bits per heavy atom. The fraction of sp³-hybridized carbons (Fsp3) is 0.647. The number of unbranched alkanes of at least 4 members (excludes halogenated alkanes) is 1. The molecule has 1 heterocycles. The number of nitrogens with zero attached hydrogens (tertiary/aromatic N) is 1. The molecule has 20 heavy (non-hydrogen) atoms. The van der Waals surface area contributed by atoms with Gasteiger partial charge in [-0.2, -0.15) is 0 Å². The first kappa shape index (κ1) is 15.0. The van der Waals surface area contributed by atoms with E-state index in [1.54, 1.807) is 0 Å². The fourth-order valence-electron chi connectivity index (χ4n) is 2.89. The lowest BCUT2D eigenvalue weighted by Gasteiger charge is -2.15. The average molecular weight is 275 g/mol. The molecular weight excluding hydrogens is 248 g/mol. The van der Waals surface area contributed by atoms with Crippen molar-refractivity contribution in [2.24, 2.45) is 0 Å². The molecule has 0 unspecified atom stereocenters. The lowest BCUT2D eigenvalue weighted by molar-refractivity contribution is -0.697. The lowest BCUT2D eigenvalue weighted by Crippen LogP contribution is -2.35. The Labute approximate surface area is 122 Å². The number of aryl methyl sites for hydroxylation is 1. The first-order valence-electron chi connectivity index (χ1n) is 8.08. The van der Waals surface area contributed by atoms with Crippen molar-refractivity contribution in [2.45, 2.75) is 70.4 Å². The van der Waals surface area contributed by atoms with Crippen LogP contribution >= 0.6 is 0 Å². The van der Waals surface area contributed by atoms with E-state index in [-0.39, 0.29) is 5.91 Å². The maximum absolute atomic E-state index is 11.9. The molecule has 1 aliphatic carbocycles. The normalized spacial score (nSPS) is 16.6. The van der Waals surface area contributed by atoms with Crippen molar-refractivity contribution >= 4 is 5.91 Å². The number of hydrogen-bond donors (Lipinski definition) is 1. The standard InChI is InChI=1S/C17H26N2O/c20-17(18-16-10-4-1-2-5-11-16)12-6-9-15-19-13-7-3-8-14-19/h3,7-8,13-14,16H,1-2,4-6,9-12,15H2/p+1. The molecule has 1 aliphatic rings. The Morgan fingerprint density at radius 3 is 2.40 bits per heavy atom. The van der Waals surface area contributed by atoms with Crippen molar-refractivity contribution in [3.05, 3.63) is 30.6 Å². The highest BCUT2D eigenvalue weighted by Crippen LogP contribution is 2.17. The van der Waals surface area contributed by atoms with Gasteiger partial charge in [0.1, 0.15) is 6.54 Å². The van der Waals surface area contributed by atoms with Crippen LogP contribution < -0.4 is 9.88 Å². The number of hydrogen-bond acceptors (Lipinski definition) is 1. The van der Waals surface area contributed by atoms with Crippen molar-refractivity contribution in [3.8, 4) is 0 Å². The van der Waals surface area contributed by atoms with Crippen molar-refractivity contribution in [2.75, 3.05) is 0 Å². The number of aromatic nitrogens is 1. The SMILES string of the molecule is O=C(CCCC[n+]1ccccc1)NC1CCCCCC1. The number of amides is 1. The first-order chi connectivity index (χ1) is 9.84. The van der Waals surface area contributed by atoms with Crippen molar-refractivity contribution in [3.63, 3.8) is 0 Å². The average Bonchev–Trinajstić information content (AvgIpc) is 2.73. The molecular formula is C17H27N2O+. The maximum Gasteiger partial charge on any atom is 0.220 e. The second kappa shape index (κ2) is 8.72. The van der Waals surface area contributed by atoms with E-state index < -0.39 is 0 Å². The number of nitrogens with one attached hydrogen (secondary N) is 1. The van der Waals surface area contributed by atoms with E-state index >= 15 is 0 Å². The molecule has 1 aromatic rings. The number of carbonyl (C=O) groups is 1. The minimum Gasteiger partial charge on any atom is -0.353 e. The van der Waals surface area contributed by atoms with Gasteiger partial charge in [-0.15, -0.1) is 0 Å². The lowest BCUT2D eigenvalue weighted by atomic mass is 10.1. The quantitative estimate of drug-likeness (QED) is 0.483. The zero-order chi connectivity index (χ0) is 14.0. The van der Waals surface area contributed by atoms with Gasteiger partial charge in [0.05, 0.1) is 0 Å². The third kappa shape index (κ3) is 5.72. The predicted octanol–water partition coefficient (Wildman–Crippen LogP) is 2.98. The van der Waals surface area contributed by atoms with Gasteiger partial charge in [-0.1, -0.05) is 31.7 Å². The molecule has 0 radical (unpaired) electrons. The minimum atomic E-state index is 0.245. The fourth-order valence-corrected chi connectivity index (χ4v) is 2.89. The van der Waals surface area contributed by atoms with Crippen LogP contribution in [-0.2, 0) is 11.3 Å². The van der Waals surface area contributed by atoms with Gasteiger partial charge in [0.15, 0.2) is 12.4 Å². The molecule has 1 fully saturated rings. The molecule has 1 saturated carbocycles. The van der Waals surface area contributed by atoms with Gasteiger partial charge in [0, 0.05) is 31.0 Å². The van der Waals surface area contributed by atoms with E-state index in [4.69, 9.17) is 0 Å². The molecule has 3 nitrogen and oxygen atoms in total. The van der Waals surface area contributed by atoms with Crippen LogP contribution in [0.15, 0.2) is 30.6 Å². The summed E-state index contributed by atoms with van der Waals surface area (Å²) in [5.74, 6) is 0.245. The van der Waals surface area contributed by atoms with Crippen LogP contribution in [0.1, 0.15) is 57.8 Å². The Bertz CT molecular complexity index is 383. The molecule has 110 valence electrons. The van der Waals surface area contributed by atoms with Crippen LogP contribution in [0.25, 0.3) is 0 Å². The van der Waals surface area contributed by atoms with E-state index in [1.165, 1.54) is 38.5 Å². The molecule has 1 amide bonds. The monoisotopic (exact) mass is 275 g/mol. The molecule has 0 aromatic carbocycles. The Morgan fingerprint density at radius 2 is 1.70 bits per heavy atom. The van der Waals surface area contributed by atoms with Crippen molar-refractivity contribution in [1.29, 1.82) is 0 Å². The summed E-state index contributed by atoms with van der Waals surface area (Å²) in [6, 6.07) is 6.54. The van der Waals surface area contributed by atoms with Crippen LogP contribution in [0.5, 0.6) is 0 Å². The minimum absolute atomic E-state index is 0.245. The maximum atomic E-state index is 11.9. The summed E-state index contributed by atoms with van der Waals surface area (Å²) in [4.78, 5) is 11.9. The second-order valence-corrected chi connectivity index (χ2v) is 5.83. The molecule has 0 saturated heterocycles. The highest BCUT2D eigenvalue weighted by atomic mass is 16.1. The predicted molar refractivity (Wildman–Crippen MR) is 80.1 cm³/mol. The van der Waals surface area contributed by atoms with E-state index in [2.05, 4.69) is 22.3 Å². The molecule has 1 aromatic heterocycles. The van der Waals surface area contributed by atoms with Gasteiger partial charge in [-0.05, 0) is 19.3 Å². The summed E-state index contributed by atoms with van der Waals surface area (Å²) in [5, 5.41) is 3.21. The number of rotatable bonds is 6. The molecule has 0 aliphatic heterocycles. The van der Waals surface area contributed by atoms with Crippen molar-refractivity contribution in [1.82, 2.24) is 5.32 Å². The topological polar surface area (TPSA) is 33.0 Å². The molecule has 1 N–H and O–H groups in total. The third-order valence-corrected chi connectivity index (χ3v) is 4.07. The van der Waals surface area contributed by atoms with Gasteiger partial charge < -0.3 is 5.32 Å². The largest absolute Gasteiger partial charge is 0.353 e. The summed E-state index contributed by atoms with van der Waals surface area (Å²) >= 11 is 0. The summed E-state index contributed by atoms with van der Waals surface area (Å²) in [5.41, 5.74) is 0. The van der Waals surface area contributed by atoms with Gasteiger partial charge in [0.2, 0.25) is 5.91 Å². The molecule has 0 spiro atoms. The second-order valence-electron chi connectivity index (χ2n) is 5.83. The molecule has 3 heteroatoms. The third-order valence-electron chi connectivity index (χ3n) is 4.07. The van der Waals surface area contributed by atoms with Gasteiger partial charge >= 0.3 is 0 Å². The number of carbonyl (C=O) groups excluding carboxylic acids is 1. The van der Waals surface area contributed by atoms with E-state index in [1.807, 2.05) is 18.2 Å². The molecule has 2 rings (SSSR count).